The summed E-state index contributed by atoms with van der Waals surface area (Å²) >= 11 is 0. The van der Waals surface area contributed by atoms with Crippen molar-refractivity contribution in [2.24, 2.45) is 0 Å². The van der Waals surface area contributed by atoms with Crippen molar-refractivity contribution in [1.82, 2.24) is 20.3 Å². The molecule has 0 bridgehead atoms. The van der Waals surface area contributed by atoms with E-state index >= 15 is 4.39 Å². The molecule has 2 saturated heterocycles. The number of morpholine rings is 1. The lowest BCUT2D eigenvalue weighted by Gasteiger charge is -2.26. The highest BCUT2D eigenvalue weighted by Crippen LogP contribution is 2.38. The molecule has 2 aromatic heterocycles. The van der Waals surface area contributed by atoms with Gasteiger partial charge >= 0.3 is 12.3 Å². The van der Waals surface area contributed by atoms with Crippen LogP contribution in [0.1, 0.15) is 22.3 Å². The molecule has 2 fully saturated rings. The van der Waals surface area contributed by atoms with Gasteiger partial charge in [0.05, 0.1) is 48.9 Å². The minimum Gasteiger partial charge on any atom is -0.478 e. The SMILES string of the molecule is CNC(=O)OC1CCN(c2cc(F)c(-c3cnc(N4CCOCC4)nc3)cc2NC(=O)c2cnc(OCC[Si](C)(C)C)cc2C(F)(F)F)C1. The van der Waals surface area contributed by atoms with Crippen molar-refractivity contribution in [1.29, 1.82) is 0 Å². The summed E-state index contributed by atoms with van der Waals surface area (Å²) in [6, 6.07) is 3.93. The fourth-order valence-corrected chi connectivity index (χ4v) is 6.08. The Morgan fingerprint density at radius 1 is 1.02 bits per heavy atom. The summed E-state index contributed by atoms with van der Waals surface area (Å²) < 4.78 is 74.8. The maximum atomic E-state index is 15.8. The summed E-state index contributed by atoms with van der Waals surface area (Å²) in [6.45, 7) is 9.24. The summed E-state index contributed by atoms with van der Waals surface area (Å²) in [7, 11) is -0.100. The number of carbonyl (C=O) groups excluding carboxylic acids is 2. The van der Waals surface area contributed by atoms with E-state index in [1.165, 1.54) is 31.6 Å². The maximum Gasteiger partial charge on any atom is 0.417 e. The van der Waals surface area contributed by atoms with Crippen LogP contribution in [0, 0.1) is 5.82 Å². The zero-order chi connectivity index (χ0) is 35.3. The topological polar surface area (TPSA) is 131 Å². The Balaban J connectivity index is 1.47. The standard InChI is InChI=1S/C32H39F4N7O5Si/c1-37-31(45)48-21-5-6-43(19-21)27-15-25(33)22(20-16-39-30(40-17-20)42-7-9-46-10-8-42)13-26(27)41-29(44)23-18-38-28(14-24(23)32(34,35)36)47-11-12-49(2,3)4/h13-18,21H,5-12,19H2,1-4H3,(H,37,45)(H,41,44). The number of alkyl halides is 3. The molecule has 1 aromatic carbocycles. The number of benzene rings is 1. The molecule has 12 nitrogen and oxygen atoms in total. The van der Waals surface area contributed by atoms with E-state index in [4.69, 9.17) is 14.2 Å². The van der Waals surface area contributed by atoms with Crippen LogP contribution in [0.15, 0.2) is 36.8 Å². The largest absolute Gasteiger partial charge is 0.478 e. The predicted octanol–water partition coefficient (Wildman–Crippen LogP) is 5.44. The molecule has 2 N–H and O–H groups in total. The Kier molecular flexibility index (Phi) is 10.9. The second kappa shape index (κ2) is 14.9. The van der Waals surface area contributed by atoms with Gasteiger partial charge in [0.15, 0.2) is 0 Å². The van der Waals surface area contributed by atoms with E-state index in [-0.39, 0.29) is 41.5 Å². The fraction of sp³-hybridized carbons (Fsp3) is 0.469. The number of rotatable bonds is 10. The van der Waals surface area contributed by atoms with Crippen LogP contribution in [0.25, 0.3) is 11.1 Å². The zero-order valence-corrected chi connectivity index (χ0v) is 28.7. The van der Waals surface area contributed by atoms with Gasteiger partial charge in [-0.05, 0) is 18.2 Å². The van der Waals surface area contributed by atoms with Crippen molar-refractivity contribution in [2.75, 3.05) is 68.2 Å². The molecule has 0 spiro atoms. The molecule has 17 heteroatoms. The lowest BCUT2D eigenvalue weighted by molar-refractivity contribution is -0.138. The maximum absolute atomic E-state index is 15.8. The van der Waals surface area contributed by atoms with Gasteiger partial charge in [0.1, 0.15) is 11.9 Å². The number of hydrogen-bond donors (Lipinski definition) is 2. The molecule has 2 aliphatic rings. The van der Waals surface area contributed by atoms with Crippen LogP contribution in [0.2, 0.25) is 25.7 Å². The number of nitrogens with one attached hydrogen (secondary N) is 2. The van der Waals surface area contributed by atoms with E-state index in [2.05, 4.69) is 45.2 Å². The highest BCUT2D eigenvalue weighted by atomic mass is 28.3. The Morgan fingerprint density at radius 2 is 1.73 bits per heavy atom. The molecule has 2 amide bonds. The first kappa shape index (κ1) is 35.8. The molecule has 1 unspecified atom stereocenters. The van der Waals surface area contributed by atoms with Crippen LogP contribution in [-0.2, 0) is 15.7 Å². The number of anilines is 3. The minimum atomic E-state index is -4.90. The monoisotopic (exact) mass is 705 g/mol. The van der Waals surface area contributed by atoms with E-state index in [1.807, 2.05) is 4.90 Å². The van der Waals surface area contributed by atoms with Gasteiger partial charge in [0.25, 0.3) is 5.91 Å². The van der Waals surface area contributed by atoms with E-state index in [0.29, 0.717) is 57.3 Å². The highest BCUT2D eigenvalue weighted by molar-refractivity contribution is 6.76. The normalized spacial score (nSPS) is 16.8. The van der Waals surface area contributed by atoms with Crippen LogP contribution >= 0.6 is 0 Å². The lowest BCUT2D eigenvalue weighted by Crippen LogP contribution is -2.37. The van der Waals surface area contributed by atoms with Gasteiger partial charge in [0.2, 0.25) is 11.8 Å². The molecule has 3 aromatic rings. The average Bonchev–Trinajstić information content (AvgIpc) is 3.53. The van der Waals surface area contributed by atoms with Gasteiger partial charge in [0, 0.05) is 77.0 Å². The first-order valence-electron chi connectivity index (χ1n) is 15.8. The zero-order valence-electron chi connectivity index (χ0n) is 27.7. The van der Waals surface area contributed by atoms with E-state index in [0.717, 1.165) is 6.20 Å². The second-order valence-electron chi connectivity index (χ2n) is 12.9. The van der Waals surface area contributed by atoms with E-state index in [9.17, 15) is 22.8 Å². The Bertz CT molecular complexity index is 1650. The number of aromatic nitrogens is 3. The van der Waals surface area contributed by atoms with Crippen molar-refractivity contribution in [3.63, 3.8) is 0 Å². The third-order valence-electron chi connectivity index (χ3n) is 8.07. The average molecular weight is 706 g/mol. The highest BCUT2D eigenvalue weighted by Gasteiger charge is 2.37. The summed E-state index contributed by atoms with van der Waals surface area (Å²) in [5.41, 5.74) is -1.43. The van der Waals surface area contributed by atoms with Gasteiger partial charge in [-0.1, -0.05) is 19.6 Å². The Morgan fingerprint density at radius 3 is 2.39 bits per heavy atom. The van der Waals surface area contributed by atoms with Crippen LogP contribution < -0.4 is 25.2 Å². The summed E-state index contributed by atoms with van der Waals surface area (Å²) in [6.07, 6.45) is -1.96. The van der Waals surface area contributed by atoms with Crippen molar-refractivity contribution in [2.45, 2.75) is 44.4 Å². The summed E-state index contributed by atoms with van der Waals surface area (Å²) in [5, 5.41) is 4.94. The molecule has 49 heavy (non-hydrogen) atoms. The number of hydrogen-bond acceptors (Lipinski definition) is 10. The first-order valence-corrected chi connectivity index (χ1v) is 19.6. The van der Waals surface area contributed by atoms with Crippen molar-refractivity contribution in [3.8, 4) is 17.0 Å². The van der Waals surface area contributed by atoms with Crippen LogP contribution in [0.4, 0.5) is 39.7 Å². The number of halogens is 4. The van der Waals surface area contributed by atoms with Crippen molar-refractivity contribution < 1.29 is 41.4 Å². The number of alkyl carbamates (subject to hydrolysis) is 1. The van der Waals surface area contributed by atoms with Gasteiger partial charge in [-0.3, -0.25) is 4.79 Å². The number of amides is 2. The molecule has 5 rings (SSSR count). The van der Waals surface area contributed by atoms with Crippen LogP contribution in [-0.4, -0.2) is 94.2 Å². The molecule has 2 aliphatic heterocycles. The fourth-order valence-electron chi connectivity index (χ4n) is 5.37. The predicted molar refractivity (Wildman–Crippen MR) is 177 cm³/mol. The molecule has 4 heterocycles. The van der Waals surface area contributed by atoms with Gasteiger partial charge in [-0.15, -0.1) is 0 Å². The first-order chi connectivity index (χ1) is 23.2. The second-order valence-corrected chi connectivity index (χ2v) is 18.5. The van der Waals surface area contributed by atoms with Crippen LogP contribution in [0.3, 0.4) is 0 Å². The lowest BCUT2D eigenvalue weighted by atomic mass is 10.0. The van der Waals surface area contributed by atoms with Crippen LogP contribution in [0.5, 0.6) is 5.88 Å². The van der Waals surface area contributed by atoms with Gasteiger partial charge in [-0.25, -0.2) is 24.1 Å². The Labute approximate surface area is 282 Å². The molecule has 0 aliphatic carbocycles. The molecular formula is C32H39F4N7O5Si. The van der Waals surface area contributed by atoms with E-state index in [1.54, 1.807) is 4.90 Å². The summed E-state index contributed by atoms with van der Waals surface area (Å²) in [5.74, 6) is -1.59. The third kappa shape index (κ3) is 9.14. The molecule has 0 saturated carbocycles. The number of carbonyl (C=O) groups is 2. The van der Waals surface area contributed by atoms with E-state index < -0.39 is 49.3 Å². The molecular weight excluding hydrogens is 666 g/mol. The molecule has 0 radical (unpaired) electrons. The Hall–Kier alpha value is -4.51. The smallest absolute Gasteiger partial charge is 0.417 e. The number of ether oxygens (including phenoxy) is 3. The summed E-state index contributed by atoms with van der Waals surface area (Å²) in [4.78, 5) is 41.8. The quantitative estimate of drug-likeness (QED) is 0.208. The molecule has 1 atom stereocenters. The third-order valence-corrected chi connectivity index (χ3v) is 9.78. The number of nitrogens with zero attached hydrogens (tertiary/aromatic N) is 5. The van der Waals surface area contributed by atoms with Crippen molar-refractivity contribution in [3.05, 3.63) is 53.7 Å². The minimum absolute atomic E-state index is 0.0188. The number of pyridine rings is 1. The van der Waals surface area contributed by atoms with Gasteiger partial charge < -0.3 is 34.6 Å². The van der Waals surface area contributed by atoms with Gasteiger partial charge in [-0.2, -0.15) is 13.2 Å². The molecule has 264 valence electrons. The van der Waals surface area contributed by atoms with Crippen molar-refractivity contribution >= 4 is 37.4 Å².